The Kier molecular flexibility index (Phi) is 6.52. The Morgan fingerprint density at radius 2 is 1.92 bits per heavy atom. The van der Waals surface area contributed by atoms with Crippen molar-refractivity contribution in [3.8, 4) is 11.6 Å². The molecule has 0 radical (unpaired) electrons. The van der Waals surface area contributed by atoms with Gasteiger partial charge in [0.2, 0.25) is 5.88 Å². The van der Waals surface area contributed by atoms with Crippen LogP contribution < -0.4 is 9.47 Å². The van der Waals surface area contributed by atoms with Gasteiger partial charge >= 0.3 is 6.61 Å². The fraction of sp³-hybridized carbons (Fsp3) is 0.294. The number of carbonyl (C=O) groups is 1. The SMILES string of the molecule is CCOc1ccc(Cl)c(C(=O)N(C)Cc2ccc(OC(F)F)cc2)n1. The van der Waals surface area contributed by atoms with E-state index in [1.165, 1.54) is 17.0 Å². The van der Waals surface area contributed by atoms with Crippen molar-refractivity contribution in [2.45, 2.75) is 20.1 Å². The van der Waals surface area contributed by atoms with E-state index in [-0.39, 0.29) is 28.9 Å². The number of hydrogen-bond acceptors (Lipinski definition) is 4. The van der Waals surface area contributed by atoms with E-state index in [9.17, 15) is 13.6 Å². The smallest absolute Gasteiger partial charge is 0.387 e. The van der Waals surface area contributed by atoms with E-state index in [0.29, 0.717) is 12.5 Å². The molecule has 0 aliphatic carbocycles. The molecular weight excluding hydrogens is 354 g/mol. The van der Waals surface area contributed by atoms with E-state index in [1.807, 2.05) is 6.92 Å². The first-order valence-electron chi connectivity index (χ1n) is 7.49. The summed E-state index contributed by atoms with van der Waals surface area (Å²) in [6.07, 6.45) is 0. The maximum Gasteiger partial charge on any atom is 0.387 e. The summed E-state index contributed by atoms with van der Waals surface area (Å²) in [6.45, 7) is -0.387. The fourth-order valence-electron chi connectivity index (χ4n) is 2.11. The van der Waals surface area contributed by atoms with Gasteiger partial charge in [0.25, 0.3) is 5.91 Å². The zero-order chi connectivity index (χ0) is 18.4. The number of ether oxygens (including phenoxy) is 2. The molecule has 25 heavy (non-hydrogen) atoms. The monoisotopic (exact) mass is 370 g/mol. The number of halogens is 3. The first kappa shape index (κ1) is 18.9. The van der Waals surface area contributed by atoms with Gasteiger partial charge < -0.3 is 14.4 Å². The zero-order valence-electron chi connectivity index (χ0n) is 13.7. The maximum atomic E-state index is 12.5. The molecule has 0 saturated heterocycles. The van der Waals surface area contributed by atoms with Gasteiger partial charge in [-0.3, -0.25) is 4.79 Å². The van der Waals surface area contributed by atoms with Crippen LogP contribution in [0.1, 0.15) is 23.0 Å². The second kappa shape index (κ2) is 8.62. The van der Waals surface area contributed by atoms with Crippen LogP contribution in [0, 0.1) is 0 Å². The van der Waals surface area contributed by atoms with Gasteiger partial charge in [-0.05, 0) is 30.7 Å². The molecule has 0 atom stereocenters. The summed E-state index contributed by atoms with van der Waals surface area (Å²) in [7, 11) is 1.59. The standard InChI is InChI=1S/C17H17ClF2N2O3/c1-3-24-14-9-8-13(18)15(21-14)16(23)22(2)10-11-4-6-12(7-5-11)25-17(19)20/h4-9,17H,3,10H2,1-2H3. The van der Waals surface area contributed by atoms with Crippen molar-refractivity contribution in [2.75, 3.05) is 13.7 Å². The van der Waals surface area contributed by atoms with Crippen molar-refractivity contribution < 1.29 is 23.0 Å². The Balaban J connectivity index is 2.08. The van der Waals surface area contributed by atoms with Crippen molar-refractivity contribution in [2.24, 2.45) is 0 Å². The minimum absolute atomic E-state index is 0.0573. The average Bonchev–Trinajstić information content (AvgIpc) is 2.57. The lowest BCUT2D eigenvalue weighted by Crippen LogP contribution is -2.27. The molecule has 1 aromatic heterocycles. The highest BCUT2D eigenvalue weighted by atomic mass is 35.5. The highest BCUT2D eigenvalue weighted by Gasteiger charge is 2.18. The lowest BCUT2D eigenvalue weighted by atomic mass is 10.2. The third-order valence-electron chi connectivity index (χ3n) is 3.23. The van der Waals surface area contributed by atoms with Gasteiger partial charge in [0.05, 0.1) is 11.6 Å². The molecule has 0 unspecified atom stereocenters. The second-order valence-electron chi connectivity index (χ2n) is 5.10. The van der Waals surface area contributed by atoms with Crippen LogP contribution in [-0.4, -0.2) is 36.1 Å². The van der Waals surface area contributed by atoms with Gasteiger partial charge in [0.1, 0.15) is 5.75 Å². The summed E-state index contributed by atoms with van der Waals surface area (Å²) in [5.74, 6) is -0.00142. The Hall–Kier alpha value is -2.41. The van der Waals surface area contributed by atoms with Gasteiger partial charge in [0.15, 0.2) is 5.69 Å². The molecule has 8 heteroatoms. The molecule has 0 aliphatic rings. The molecule has 1 amide bonds. The van der Waals surface area contributed by atoms with Crippen LogP contribution in [-0.2, 0) is 6.54 Å². The normalized spacial score (nSPS) is 10.6. The molecule has 2 aromatic rings. The molecule has 1 aromatic carbocycles. The first-order chi connectivity index (χ1) is 11.9. The average molecular weight is 371 g/mol. The van der Waals surface area contributed by atoms with Crippen molar-refractivity contribution >= 4 is 17.5 Å². The van der Waals surface area contributed by atoms with E-state index in [2.05, 4.69) is 9.72 Å². The number of amides is 1. The number of hydrogen-bond donors (Lipinski definition) is 0. The van der Waals surface area contributed by atoms with Crippen molar-refractivity contribution in [1.82, 2.24) is 9.88 Å². The zero-order valence-corrected chi connectivity index (χ0v) is 14.5. The van der Waals surface area contributed by atoms with E-state index in [0.717, 1.165) is 5.56 Å². The molecule has 0 aliphatic heterocycles. The number of carbonyl (C=O) groups excluding carboxylic acids is 1. The molecule has 0 N–H and O–H groups in total. The predicted molar refractivity (Wildman–Crippen MR) is 89.3 cm³/mol. The minimum atomic E-state index is -2.87. The Morgan fingerprint density at radius 1 is 1.24 bits per heavy atom. The molecule has 134 valence electrons. The molecule has 0 bridgehead atoms. The summed E-state index contributed by atoms with van der Waals surface area (Å²) in [4.78, 5) is 18.1. The predicted octanol–water partition coefficient (Wildman–Crippen LogP) is 4.01. The molecule has 0 fully saturated rings. The Labute approximate surface area is 149 Å². The Morgan fingerprint density at radius 3 is 2.52 bits per heavy atom. The number of alkyl halides is 2. The topological polar surface area (TPSA) is 51.7 Å². The molecule has 1 heterocycles. The van der Waals surface area contributed by atoms with E-state index in [4.69, 9.17) is 16.3 Å². The van der Waals surface area contributed by atoms with Crippen LogP contribution in [0.4, 0.5) is 8.78 Å². The fourth-order valence-corrected chi connectivity index (χ4v) is 2.29. The van der Waals surface area contributed by atoms with Crippen LogP contribution in [0.15, 0.2) is 36.4 Å². The van der Waals surface area contributed by atoms with Crippen molar-refractivity contribution in [1.29, 1.82) is 0 Å². The lowest BCUT2D eigenvalue weighted by Gasteiger charge is -2.18. The van der Waals surface area contributed by atoms with Gasteiger partial charge in [0, 0.05) is 19.7 Å². The highest BCUT2D eigenvalue weighted by Crippen LogP contribution is 2.21. The molecule has 0 saturated carbocycles. The maximum absolute atomic E-state index is 12.5. The van der Waals surface area contributed by atoms with Crippen LogP contribution in [0.5, 0.6) is 11.6 Å². The number of aromatic nitrogens is 1. The van der Waals surface area contributed by atoms with E-state index < -0.39 is 6.61 Å². The number of rotatable bonds is 7. The van der Waals surface area contributed by atoms with Gasteiger partial charge in [-0.2, -0.15) is 8.78 Å². The van der Waals surface area contributed by atoms with Crippen molar-refractivity contribution in [3.63, 3.8) is 0 Å². The summed E-state index contributed by atoms with van der Waals surface area (Å²) >= 11 is 6.05. The van der Waals surface area contributed by atoms with Gasteiger partial charge in [-0.1, -0.05) is 23.7 Å². The highest BCUT2D eigenvalue weighted by molar-refractivity contribution is 6.33. The van der Waals surface area contributed by atoms with E-state index >= 15 is 0 Å². The summed E-state index contributed by atoms with van der Waals surface area (Å²) < 4.78 is 33.9. The lowest BCUT2D eigenvalue weighted by molar-refractivity contribution is -0.0498. The van der Waals surface area contributed by atoms with Gasteiger partial charge in [-0.15, -0.1) is 0 Å². The van der Waals surface area contributed by atoms with Gasteiger partial charge in [-0.25, -0.2) is 4.98 Å². The van der Waals surface area contributed by atoms with Crippen LogP contribution in [0.25, 0.3) is 0 Å². The Bertz CT molecular complexity index is 726. The van der Waals surface area contributed by atoms with Crippen LogP contribution in [0.2, 0.25) is 5.02 Å². The third-order valence-corrected chi connectivity index (χ3v) is 3.54. The van der Waals surface area contributed by atoms with E-state index in [1.54, 1.807) is 31.3 Å². The largest absolute Gasteiger partial charge is 0.478 e. The first-order valence-corrected chi connectivity index (χ1v) is 7.87. The number of benzene rings is 1. The molecule has 0 spiro atoms. The summed E-state index contributed by atoms with van der Waals surface area (Å²) in [5, 5.41) is 0.223. The van der Waals surface area contributed by atoms with Crippen LogP contribution in [0.3, 0.4) is 0 Å². The summed E-state index contributed by atoms with van der Waals surface area (Å²) in [5.41, 5.74) is 0.835. The number of nitrogens with zero attached hydrogens (tertiary/aromatic N) is 2. The van der Waals surface area contributed by atoms with Crippen molar-refractivity contribution in [3.05, 3.63) is 52.7 Å². The van der Waals surface area contributed by atoms with Crippen LogP contribution >= 0.6 is 11.6 Å². The second-order valence-corrected chi connectivity index (χ2v) is 5.50. The molecule has 5 nitrogen and oxygen atoms in total. The minimum Gasteiger partial charge on any atom is -0.478 e. The molecule has 2 rings (SSSR count). The summed E-state index contributed by atoms with van der Waals surface area (Å²) in [6, 6.07) is 9.18. The number of pyridine rings is 1. The quantitative estimate of drug-likeness (QED) is 0.739. The third kappa shape index (κ3) is 5.29. The molecular formula is C17H17ClF2N2O3.